The van der Waals surface area contributed by atoms with Crippen molar-refractivity contribution in [2.24, 2.45) is 0 Å². The lowest BCUT2D eigenvalue weighted by Crippen LogP contribution is -2.40. The van der Waals surface area contributed by atoms with E-state index in [9.17, 15) is 4.79 Å². The lowest BCUT2D eigenvalue weighted by atomic mass is 10.2. The number of aromatic nitrogens is 2. The third-order valence-electron chi connectivity index (χ3n) is 3.74. The van der Waals surface area contributed by atoms with Crippen LogP contribution in [0, 0.1) is 6.92 Å². The molecule has 23 heavy (non-hydrogen) atoms. The van der Waals surface area contributed by atoms with Gasteiger partial charge in [-0.25, -0.2) is 14.8 Å². The van der Waals surface area contributed by atoms with E-state index in [4.69, 9.17) is 4.74 Å². The third-order valence-corrected chi connectivity index (χ3v) is 4.75. The summed E-state index contributed by atoms with van der Waals surface area (Å²) >= 11 is 1.64. The lowest BCUT2D eigenvalue weighted by molar-refractivity contribution is 0.0509. The number of hydrogen-bond donors (Lipinski definition) is 1. The van der Waals surface area contributed by atoms with E-state index in [-0.39, 0.29) is 12.1 Å². The highest BCUT2D eigenvalue weighted by atomic mass is 32.1. The summed E-state index contributed by atoms with van der Waals surface area (Å²) in [5.74, 6) is 0.960. The Morgan fingerprint density at radius 2 is 2.22 bits per heavy atom. The predicted molar refractivity (Wildman–Crippen MR) is 92.1 cm³/mol. The molecule has 1 aliphatic rings. The zero-order valence-corrected chi connectivity index (χ0v) is 14.7. The van der Waals surface area contributed by atoms with Gasteiger partial charge in [0, 0.05) is 13.1 Å². The third kappa shape index (κ3) is 3.55. The van der Waals surface area contributed by atoms with E-state index < -0.39 is 5.60 Å². The highest BCUT2D eigenvalue weighted by Gasteiger charge is 2.28. The van der Waals surface area contributed by atoms with Crippen molar-refractivity contribution in [2.75, 3.05) is 18.0 Å². The minimum absolute atomic E-state index is 0.0776. The molecule has 1 saturated heterocycles. The van der Waals surface area contributed by atoms with Crippen molar-refractivity contribution in [3.05, 3.63) is 17.3 Å². The van der Waals surface area contributed by atoms with Crippen LogP contribution in [0.15, 0.2) is 11.7 Å². The van der Waals surface area contributed by atoms with E-state index in [1.807, 2.05) is 20.8 Å². The molecule has 0 spiro atoms. The summed E-state index contributed by atoms with van der Waals surface area (Å²) in [7, 11) is 0. The van der Waals surface area contributed by atoms with Crippen LogP contribution in [0.1, 0.15) is 32.8 Å². The minimum atomic E-state index is -0.477. The average Bonchev–Trinajstić information content (AvgIpc) is 3.04. The van der Waals surface area contributed by atoms with Crippen LogP contribution in [-0.2, 0) is 4.74 Å². The second-order valence-electron chi connectivity index (χ2n) is 6.87. The quantitative estimate of drug-likeness (QED) is 0.914. The number of anilines is 1. The molecule has 1 aliphatic heterocycles. The van der Waals surface area contributed by atoms with Crippen molar-refractivity contribution in [3.8, 4) is 0 Å². The van der Waals surface area contributed by atoms with Gasteiger partial charge in [0.2, 0.25) is 0 Å². The number of rotatable bonds is 2. The molecule has 3 heterocycles. The molecule has 0 aromatic carbocycles. The molecule has 2 aromatic heterocycles. The van der Waals surface area contributed by atoms with E-state index in [2.05, 4.69) is 32.5 Å². The monoisotopic (exact) mass is 334 g/mol. The van der Waals surface area contributed by atoms with E-state index in [1.54, 1.807) is 17.7 Å². The average molecular weight is 334 g/mol. The van der Waals surface area contributed by atoms with Crippen molar-refractivity contribution in [3.63, 3.8) is 0 Å². The van der Waals surface area contributed by atoms with E-state index in [0.29, 0.717) is 0 Å². The zero-order chi connectivity index (χ0) is 16.6. The number of carbonyl (C=O) groups is 1. The number of ether oxygens (including phenoxy) is 1. The Bertz CT molecular complexity index is 722. The molecule has 1 atom stereocenters. The number of carbonyl (C=O) groups excluding carboxylic acids is 1. The molecule has 7 heteroatoms. The van der Waals surface area contributed by atoms with Gasteiger partial charge in [-0.3, -0.25) is 0 Å². The SMILES string of the molecule is Cc1csc2ncnc(N3CCC(NC(=O)OC(C)(C)C)C3)c12. The van der Waals surface area contributed by atoms with Crippen molar-refractivity contribution in [1.82, 2.24) is 15.3 Å². The maximum atomic E-state index is 11.9. The number of alkyl carbamates (subject to hydrolysis) is 1. The van der Waals surface area contributed by atoms with Gasteiger partial charge in [0.05, 0.1) is 11.4 Å². The minimum Gasteiger partial charge on any atom is -0.444 e. The normalized spacial score (nSPS) is 18.4. The first-order valence-corrected chi connectivity index (χ1v) is 8.65. The van der Waals surface area contributed by atoms with Gasteiger partial charge in [-0.1, -0.05) is 0 Å². The highest BCUT2D eigenvalue weighted by Crippen LogP contribution is 2.32. The smallest absolute Gasteiger partial charge is 0.407 e. The number of hydrogen-bond acceptors (Lipinski definition) is 6. The van der Waals surface area contributed by atoms with Crippen LogP contribution in [0.25, 0.3) is 10.2 Å². The maximum absolute atomic E-state index is 11.9. The maximum Gasteiger partial charge on any atom is 0.407 e. The van der Waals surface area contributed by atoms with Gasteiger partial charge < -0.3 is 15.0 Å². The van der Waals surface area contributed by atoms with Crippen molar-refractivity contribution >= 4 is 33.5 Å². The van der Waals surface area contributed by atoms with Crippen molar-refractivity contribution < 1.29 is 9.53 Å². The van der Waals surface area contributed by atoms with Crippen LogP contribution >= 0.6 is 11.3 Å². The molecule has 1 fully saturated rings. The largest absolute Gasteiger partial charge is 0.444 e. The number of amides is 1. The number of fused-ring (bicyclic) bond motifs is 1. The zero-order valence-electron chi connectivity index (χ0n) is 13.9. The fourth-order valence-electron chi connectivity index (χ4n) is 2.78. The molecule has 6 nitrogen and oxygen atoms in total. The van der Waals surface area contributed by atoms with Gasteiger partial charge in [0.15, 0.2) is 0 Å². The fourth-order valence-corrected chi connectivity index (χ4v) is 3.67. The highest BCUT2D eigenvalue weighted by molar-refractivity contribution is 7.17. The number of thiophene rings is 1. The van der Waals surface area contributed by atoms with Crippen molar-refractivity contribution in [1.29, 1.82) is 0 Å². The standard InChI is InChI=1S/C16H22N4O2S/c1-10-8-23-14-12(10)13(17-9-18-14)20-6-5-11(7-20)19-15(21)22-16(2,3)4/h8-9,11H,5-7H2,1-4H3,(H,19,21). The summed E-state index contributed by atoms with van der Waals surface area (Å²) < 4.78 is 5.33. The van der Waals surface area contributed by atoms with Crippen LogP contribution in [0.3, 0.4) is 0 Å². The Morgan fingerprint density at radius 1 is 1.43 bits per heavy atom. The van der Waals surface area contributed by atoms with Crippen LogP contribution < -0.4 is 10.2 Å². The number of nitrogens with zero attached hydrogens (tertiary/aromatic N) is 3. The van der Waals surface area contributed by atoms with E-state index in [0.717, 1.165) is 35.5 Å². The Morgan fingerprint density at radius 3 is 2.96 bits per heavy atom. The molecular weight excluding hydrogens is 312 g/mol. The first-order chi connectivity index (χ1) is 10.8. The topological polar surface area (TPSA) is 67.4 Å². The van der Waals surface area contributed by atoms with Gasteiger partial charge >= 0.3 is 6.09 Å². The molecule has 0 saturated carbocycles. The second kappa shape index (κ2) is 5.96. The molecule has 0 aliphatic carbocycles. The number of nitrogens with one attached hydrogen (secondary N) is 1. The molecule has 124 valence electrons. The van der Waals surface area contributed by atoms with Crippen LogP contribution in [0.2, 0.25) is 0 Å². The first kappa shape index (κ1) is 16.0. The molecule has 2 aromatic rings. The fraction of sp³-hybridized carbons (Fsp3) is 0.562. The first-order valence-electron chi connectivity index (χ1n) is 7.77. The molecule has 0 radical (unpaired) electrons. The summed E-state index contributed by atoms with van der Waals surface area (Å²) in [6.45, 7) is 9.28. The summed E-state index contributed by atoms with van der Waals surface area (Å²) in [6, 6.07) is 0.0776. The predicted octanol–water partition coefficient (Wildman–Crippen LogP) is 3.10. The Labute approximate surface area is 139 Å². The molecule has 3 rings (SSSR count). The van der Waals surface area contributed by atoms with Crippen LogP contribution in [0.5, 0.6) is 0 Å². The Hall–Kier alpha value is -1.89. The summed E-state index contributed by atoms with van der Waals surface area (Å²) in [5, 5.41) is 6.18. The van der Waals surface area contributed by atoms with Crippen molar-refractivity contribution in [2.45, 2.75) is 45.8 Å². The van der Waals surface area contributed by atoms with Gasteiger partial charge in [-0.05, 0) is 45.1 Å². The lowest BCUT2D eigenvalue weighted by Gasteiger charge is -2.22. The summed E-state index contributed by atoms with van der Waals surface area (Å²) in [5.41, 5.74) is 0.721. The molecule has 0 bridgehead atoms. The van der Waals surface area contributed by atoms with Gasteiger partial charge in [-0.15, -0.1) is 11.3 Å². The summed E-state index contributed by atoms with van der Waals surface area (Å²) in [6.07, 6.45) is 2.14. The molecule has 1 N–H and O–H groups in total. The Balaban J connectivity index is 1.70. The summed E-state index contributed by atoms with van der Waals surface area (Å²) in [4.78, 5) is 23.9. The van der Waals surface area contributed by atoms with Gasteiger partial charge in [-0.2, -0.15) is 0 Å². The van der Waals surface area contributed by atoms with E-state index in [1.165, 1.54) is 5.56 Å². The Kier molecular flexibility index (Phi) is 4.14. The molecular formula is C16H22N4O2S. The number of aryl methyl sites for hydroxylation is 1. The van der Waals surface area contributed by atoms with E-state index >= 15 is 0 Å². The van der Waals surface area contributed by atoms with Crippen LogP contribution in [0.4, 0.5) is 10.6 Å². The molecule has 1 unspecified atom stereocenters. The van der Waals surface area contributed by atoms with Crippen LogP contribution in [-0.4, -0.2) is 40.8 Å². The van der Waals surface area contributed by atoms with Gasteiger partial charge in [0.25, 0.3) is 0 Å². The molecule has 1 amide bonds. The van der Waals surface area contributed by atoms with Gasteiger partial charge in [0.1, 0.15) is 22.6 Å². The second-order valence-corrected chi connectivity index (χ2v) is 7.73.